The van der Waals surface area contributed by atoms with Gasteiger partial charge in [-0.25, -0.2) is 4.79 Å². The smallest absolute Gasteiger partial charge is 0.315 e. The summed E-state index contributed by atoms with van der Waals surface area (Å²) in [7, 11) is 0. The SMILES string of the molecule is Cc1ccccc1C1(CNC(=O)NC2CCOCC2)CC1. The molecular formula is C17H24N2O2. The van der Waals surface area contributed by atoms with Gasteiger partial charge in [-0.3, -0.25) is 0 Å². The molecule has 1 saturated heterocycles. The summed E-state index contributed by atoms with van der Waals surface area (Å²) in [6.07, 6.45) is 4.15. The van der Waals surface area contributed by atoms with Gasteiger partial charge in [-0.2, -0.15) is 0 Å². The van der Waals surface area contributed by atoms with Gasteiger partial charge < -0.3 is 15.4 Å². The van der Waals surface area contributed by atoms with Crippen LogP contribution in [0.2, 0.25) is 0 Å². The highest BCUT2D eigenvalue weighted by Crippen LogP contribution is 2.48. The van der Waals surface area contributed by atoms with Gasteiger partial charge in [-0.15, -0.1) is 0 Å². The molecule has 1 saturated carbocycles. The van der Waals surface area contributed by atoms with Crippen LogP contribution in [0, 0.1) is 6.92 Å². The minimum atomic E-state index is -0.0400. The fraction of sp³-hybridized carbons (Fsp3) is 0.588. The number of ether oxygens (including phenoxy) is 1. The van der Waals surface area contributed by atoms with Crippen LogP contribution in [0.25, 0.3) is 0 Å². The van der Waals surface area contributed by atoms with E-state index in [1.54, 1.807) is 0 Å². The number of nitrogens with one attached hydrogen (secondary N) is 2. The third kappa shape index (κ3) is 3.38. The predicted octanol–water partition coefficient (Wildman–Crippen LogP) is 2.50. The van der Waals surface area contributed by atoms with Crippen molar-refractivity contribution in [3.05, 3.63) is 35.4 Å². The molecule has 2 aliphatic rings. The molecule has 0 radical (unpaired) electrons. The van der Waals surface area contributed by atoms with Crippen LogP contribution in [0.15, 0.2) is 24.3 Å². The van der Waals surface area contributed by atoms with Gasteiger partial charge in [-0.05, 0) is 43.7 Å². The van der Waals surface area contributed by atoms with Crippen LogP contribution in [0.5, 0.6) is 0 Å². The van der Waals surface area contributed by atoms with Crippen LogP contribution in [-0.2, 0) is 10.2 Å². The Bertz CT molecular complexity index is 505. The topological polar surface area (TPSA) is 50.4 Å². The summed E-state index contributed by atoms with van der Waals surface area (Å²) in [6.45, 7) is 4.38. The van der Waals surface area contributed by atoms with Crippen molar-refractivity contribution in [1.82, 2.24) is 10.6 Å². The van der Waals surface area contributed by atoms with Gasteiger partial charge in [0.25, 0.3) is 0 Å². The number of carbonyl (C=O) groups excluding carboxylic acids is 1. The van der Waals surface area contributed by atoms with Crippen molar-refractivity contribution < 1.29 is 9.53 Å². The molecule has 0 spiro atoms. The quantitative estimate of drug-likeness (QED) is 0.894. The second kappa shape index (κ2) is 6.06. The largest absolute Gasteiger partial charge is 0.381 e. The normalized spacial score (nSPS) is 20.8. The number of hydrogen-bond donors (Lipinski definition) is 2. The lowest BCUT2D eigenvalue weighted by molar-refractivity contribution is 0.0800. The van der Waals surface area contributed by atoms with E-state index in [1.165, 1.54) is 11.1 Å². The monoisotopic (exact) mass is 288 g/mol. The van der Waals surface area contributed by atoms with Gasteiger partial charge in [0, 0.05) is 31.2 Å². The van der Waals surface area contributed by atoms with E-state index in [1.807, 2.05) is 0 Å². The first-order valence-corrected chi connectivity index (χ1v) is 7.88. The Morgan fingerprint density at radius 2 is 2.00 bits per heavy atom. The highest BCUT2D eigenvalue weighted by molar-refractivity contribution is 5.74. The summed E-state index contributed by atoms with van der Waals surface area (Å²) in [5.41, 5.74) is 2.87. The first-order chi connectivity index (χ1) is 10.2. The number of aryl methyl sites for hydroxylation is 1. The Hall–Kier alpha value is -1.55. The van der Waals surface area contributed by atoms with Gasteiger partial charge in [0.15, 0.2) is 0 Å². The molecule has 114 valence electrons. The lowest BCUT2D eigenvalue weighted by Crippen LogP contribution is -2.46. The highest BCUT2D eigenvalue weighted by atomic mass is 16.5. The first kappa shape index (κ1) is 14.4. The van der Waals surface area contributed by atoms with Crippen LogP contribution in [0.1, 0.15) is 36.8 Å². The Morgan fingerprint density at radius 1 is 1.29 bits per heavy atom. The van der Waals surface area contributed by atoms with Crippen LogP contribution in [-0.4, -0.2) is 31.8 Å². The zero-order valence-electron chi connectivity index (χ0n) is 12.7. The van der Waals surface area contributed by atoms with Crippen molar-refractivity contribution in [2.75, 3.05) is 19.8 Å². The number of hydrogen-bond acceptors (Lipinski definition) is 2. The molecule has 0 aromatic heterocycles. The summed E-state index contributed by atoms with van der Waals surface area (Å²) in [5.74, 6) is 0. The second-order valence-corrected chi connectivity index (χ2v) is 6.31. The number of benzene rings is 1. The molecule has 2 fully saturated rings. The van der Waals surface area contributed by atoms with Gasteiger partial charge >= 0.3 is 6.03 Å². The first-order valence-electron chi connectivity index (χ1n) is 7.88. The molecule has 1 aromatic carbocycles. The van der Waals surface area contributed by atoms with Gasteiger partial charge in [0.2, 0.25) is 0 Å². The summed E-state index contributed by atoms with van der Waals surface area (Å²) in [4.78, 5) is 12.0. The minimum Gasteiger partial charge on any atom is -0.381 e. The summed E-state index contributed by atoms with van der Waals surface area (Å²) in [6, 6.07) is 8.72. The molecule has 1 aliphatic heterocycles. The molecule has 1 aliphatic carbocycles. The summed E-state index contributed by atoms with van der Waals surface area (Å²) < 4.78 is 5.30. The second-order valence-electron chi connectivity index (χ2n) is 6.31. The lowest BCUT2D eigenvalue weighted by atomic mass is 9.92. The van der Waals surface area contributed by atoms with E-state index in [-0.39, 0.29) is 17.5 Å². The minimum absolute atomic E-state index is 0.0400. The molecule has 0 bridgehead atoms. The van der Waals surface area contributed by atoms with Crippen molar-refractivity contribution in [2.45, 2.75) is 44.1 Å². The zero-order chi connectivity index (χ0) is 14.7. The highest BCUT2D eigenvalue weighted by Gasteiger charge is 2.45. The van der Waals surface area contributed by atoms with E-state index >= 15 is 0 Å². The van der Waals surface area contributed by atoms with Gasteiger partial charge in [-0.1, -0.05) is 24.3 Å². The third-order valence-corrected chi connectivity index (χ3v) is 4.71. The van der Waals surface area contributed by atoms with Crippen LogP contribution in [0.3, 0.4) is 0 Å². The Labute approximate surface area is 126 Å². The number of urea groups is 1. The maximum atomic E-state index is 12.0. The van der Waals surface area contributed by atoms with Crippen molar-refractivity contribution in [1.29, 1.82) is 0 Å². The Balaban J connectivity index is 1.52. The molecule has 3 rings (SSSR count). The van der Waals surface area contributed by atoms with Gasteiger partial charge in [0.1, 0.15) is 0 Å². The number of carbonyl (C=O) groups is 1. The molecule has 2 amide bonds. The maximum absolute atomic E-state index is 12.0. The van der Waals surface area contributed by atoms with Crippen molar-refractivity contribution in [3.8, 4) is 0 Å². The molecular weight excluding hydrogens is 264 g/mol. The standard InChI is InChI=1S/C17H24N2O2/c1-13-4-2-3-5-15(13)17(8-9-17)12-18-16(20)19-14-6-10-21-11-7-14/h2-5,14H,6-12H2,1H3,(H2,18,19,20). The zero-order valence-corrected chi connectivity index (χ0v) is 12.7. The van der Waals surface area contributed by atoms with Crippen molar-refractivity contribution >= 4 is 6.03 Å². The molecule has 0 unspecified atom stereocenters. The summed E-state index contributed by atoms with van der Waals surface area (Å²) >= 11 is 0. The fourth-order valence-electron chi connectivity index (χ4n) is 3.19. The molecule has 0 atom stereocenters. The number of rotatable bonds is 4. The number of amides is 2. The van der Waals surface area contributed by atoms with E-state index in [2.05, 4.69) is 41.8 Å². The van der Waals surface area contributed by atoms with E-state index in [0.29, 0.717) is 0 Å². The van der Waals surface area contributed by atoms with E-state index in [9.17, 15) is 4.79 Å². The van der Waals surface area contributed by atoms with Crippen LogP contribution in [0.4, 0.5) is 4.79 Å². The van der Waals surface area contributed by atoms with Crippen molar-refractivity contribution in [2.24, 2.45) is 0 Å². The Morgan fingerprint density at radius 3 is 2.67 bits per heavy atom. The average molecular weight is 288 g/mol. The fourth-order valence-corrected chi connectivity index (χ4v) is 3.19. The van der Waals surface area contributed by atoms with Gasteiger partial charge in [0.05, 0.1) is 0 Å². The van der Waals surface area contributed by atoms with E-state index < -0.39 is 0 Å². The van der Waals surface area contributed by atoms with Crippen LogP contribution >= 0.6 is 0 Å². The molecule has 4 nitrogen and oxygen atoms in total. The molecule has 1 aromatic rings. The predicted molar refractivity (Wildman–Crippen MR) is 82.5 cm³/mol. The van der Waals surface area contributed by atoms with Crippen LogP contribution < -0.4 is 10.6 Å². The Kier molecular flexibility index (Phi) is 4.15. The molecule has 2 N–H and O–H groups in total. The van der Waals surface area contributed by atoms with Crippen molar-refractivity contribution in [3.63, 3.8) is 0 Å². The molecule has 21 heavy (non-hydrogen) atoms. The maximum Gasteiger partial charge on any atom is 0.315 e. The molecule has 4 heteroatoms. The molecule has 1 heterocycles. The summed E-state index contributed by atoms with van der Waals surface area (Å²) in [5, 5.41) is 6.12. The van der Waals surface area contributed by atoms with E-state index in [0.717, 1.165) is 45.4 Å². The van der Waals surface area contributed by atoms with E-state index in [4.69, 9.17) is 4.74 Å². The average Bonchev–Trinajstić information content (AvgIpc) is 3.28. The third-order valence-electron chi connectivity index (χ3n) is 4.71. The lowest BCUT2D eigenvalue weighted by Gasteiger charge is -2.24.